The number of hydrogen-bond donors (Lipinski definition) is 1. The lowest BCUT2D eigenvalue weighted by Gasteiger charge is -2.14. The van der Waals surface area contributed by atoms with Crippen LogP contribution in [0.3, 0.4) is 0 Å². The molecular formula is C14H18O3. The van der Waals surface area contributed by atoms with E-state index in [2.05, 4.69) is 0 Å². The van der Waals surface area contributed by atoms with Crippen molar-refractivity contribution >= 4 is 11.6 Å². The van der Waals surface area contributed by atoms with Gasteiger partial charge in [-0.2, -0.15) is 0 Å². The molecule has 0 heterocycles. The molecule has 17 heavy (non-hydrogen) atoms. The van der Waals surface area contributed by atoms with Crippen LogP contribution in [-0.4, -0.2) is 16.7 Å². The number of phenolic OH excluding ortho intramolecular Hbond substituents is 1. The number of carbonyl (C=O) groups excluding carboxylic acids is 2. The van der Waals surface area contributed by atoms with E-state index in [1.807, 2.05) is 13.8 Å². The van der Waals surface area contributed by atoms with Crippen molar-refractivity contribution in [2.75, 3.05) is 0 Å². The van der Waals surface area contributed by atoms with Crippen molar-refractivity contribution in [1.82, 2.24) is 0 Å². The van der Waals surface area contributed by atoms with Crippen LogP contribution in [0.15, 0.2) is 12.1 Å². The molecule has 0 aliphatic rings. The standard InChI is InChI=1S/C14H18O3/c1-5-8(2)11-6-12(9(3)15)14(10(4)16)13(17)7-11/h6-8,17H,5H2,1-4H3. The molecule has 0 saturated carbocycles. The van der Waals surface area contributed by atoms with Crippen LogP contribution in [0.1, 0.15) is 66.3 Å². The Morgan fingerprint density at radius 2 is 1.82 bits per heavy atom. The topological polar surface area (TPSA) is 54.4 Å². The van der Waals surface area contributed by atoms with Gasteiger partial charge in [0.05, 0.1) is 5.56 Å². The van der Waals surface area contributed by atoms with Crippen molar-refractivity contribution in [3.63, 3.8) is 0 Å². The first kappa shape index (κ1) is 13.4. The Hall–Kier alpha value is -1.64. The van der Waals surface area contributed by atoms with Crippen LogP contribution >= 0.6 is 0 Å². The average Bonchev–Trinajstić information content (AvgIpc) is 2.26. The van der Waals surface area contributed by atoms with Gasteiger partial charge in [0.25, 0.3) is 0 Å². The molecule has 1 N–H and O–H groups in total. The van der Waals surface area contributed by atoms with Crippen LogP contribution in [0.25, 0.3) is 0 Å². The summed E-state index contributed by atoms with van der Waals surface area (Å²) in [5.74, 6) is -0.334. The predicted octanol–water partition coefficient (Wildman–Crippen LogP) is 3.31. The van der Waals surface area contributed by atoms with E-state index < -0.39 is 0 Å². The monoisotopic (exact) mass is 234 g/mol. The van der Waals surface area contributed by atoms with Gasteiger partial charge in [0.1, 0.15) is 5.75 Å². The van der Waals surface area contributed by atoms with Gasteiger partial charge in [0, 0.05) is 5.56 Å². The molecule has 0 fully saturated rings. The fourth-order valence-corrected chi connectivity index (χ4v) is 1.82. The molecule has 3 heteroatoms. The van der Waals surface area contributed by atoms with Crippen molar-refractivity contribution in [2.45, 2.75) is 40.0 Å². The first-order valence-corrected chi connectivity index (χ1v) is 5.77. The lowest BCUT2D eigenvalue weighted by Crippen LogP contribution is -2.06. The van der Waals surface area contributed by atoms with E-state index in [9.17, 15) is 14.7 Å². The maximum atomic E-state index is 11.5. The van der Waals surface area contributed by atoms with Gasteiger partial charge < -0.3 is 5.11 Å². The van der Waals surface area contributed by atoms with E-state index in [4.69, 9.17) is 0 Å². The third-order valence-electron chi connectivity index (χ3n) is 3.05. The zero-order valence-electron chi connectivity index (χ0n) is 10.7. The zero-order chi connectivity index (χ0) is 13.2. The van der Waals surface area contributed by atoms with E-state index in [0.29, 0.717) is 5.56 Å². The summed E-state index contributed by atoms with van der Waals surface area (Å²) in [6, 6.07) is 3.30. The maximum Gasteiger partial charge on any atom is 0.164 e. The van der Waals surface area contributed by atoms with E-state index >= 15 is 0 Å². The minimum Gasteiger partial charge on any atom is -0.507 e. The summed E-state index contributed by atoms with van der Waals surface area (Å²) in [6.07, 6.45) is 0.913. The molecule has 1 atom stereocenters. The second kappa shape index (κ2) is 5.13. The van der Waals surface area contributed by atoms with Crippen LogP contribution in [0.4, 0.5) is 0 Å². The van der Waals surface area contributed by atoms with Gasteiger partial charge in [-0.05, 0) is 43.9 Å². The number of carbonyl (C=O) groups is 2. The molecule has 0 aliphatic heterocycles. The third kappa shape index (κ3) is 2.73. The highest BCUT2D eigenvalue weighted by Gasteiger charge is 2.18. The highest BCUT2D eigenvalue weighted by molar-refractivity contribution is 6.09. The Kier molecular flexibility index (Phi) is 4.05. The normalized spacial score (nSPS) is 12.2. The molecule has 0 saturated heterocycles. The summed E-state index contributed by atoms with van der Waals surface area (Å²) in [7, 11) is 0. The Labute approximate surface area is 101 Å². The van der Waals surface area contributed by atoms with Gasteiger partial charge in [0.15, 0.2) is 11.6 Å². The van der Waals surface area contributed by atoms with Crippen molar-refractivity contribution in [3.05, 3.63) is 28.8 Å². The number of rotatable bonds is 4. The Morgan fingerprint density at radius 3 is 2.24 bits per heavy atom. The van der Waals surface area contributed by atoms with Gasteiger partial charge in [-0.3, -0.25) is 9.59 Å². The van der Waals surface area contributed by atoms with Crippen molar-refractivity contribution in [3.8, 4) is 5.75 Å². The highest BCUT2D eigenvalue weighted by atomic mass is 16.3. The summed E-state index contributed by atoms with van der Waals surface area (Å²) in [4.78, 5) is 23.0. The molecular weight excluding hydrogens is 216 g/mol. The molecule has 0 aromatic heterocycles. The van der Waals surface area contributed by atoms with Crippen LogP contribution in [0, 0.1) is 0 Å². The average molecular weight is 234 g/mol. The number of benzene rings is 1. The Morgan fingerprint density at radius 1 is 1.24 bits per heavy atom. The fourth-order valence-electron chi connectivity index (χ4n) is 1.82. The summed E-state index contributed by atoms with van der Waals surface area (Å²) < 4.78 is 0. The molecule has 0 amide bonds. The number of aromatic hydroxyl groups is 1. The molecule has 92 valence electrons. The smallest absolute Gasteiger partial charge is 0.164 e. The van der Waals surface area contributed by atoms with Gasteiger partial charge in [-0.25, -0.2) is 0 Å². The molecule has 3 nitrogen and oxygen atoms in total. The van der Waals surface area contributed by atoms with Crippen molar-refractivity contribution in [2.24, 2.45) is 0 Å². The first-order chi connectivity index (χ1) is 7.88. The third-order valence-corrected chi connectivity index (χ3v) is 3.05. The molecule has 1 aromatic carbocycles. The molecule has 0 spiro atoms. The van der Waals surface area contributed by atoms with Crippen LogP contribution in [0.2, 0.25) is 0 Å². The summed E-state index contributed by atoms with van der Waals surface area (Å²) >= 11 is 0. The summed E-state index contributed by atoms with van der Waals surface area (Å²) in [5.41, 5.74) is 1.33. The second-order valence-electron chi connectivity index (χ2n) is 4.38. The molecule has 0 bridgehead atoms. The first-order valence-electron chi connectivity index (χ1n) is 5.77. The predicted molar refractivity (Wildman–Crippen MR) is 66.8 cm³/mol. The second-order valence-corrected chi connectivity index (χ2v) is 4.38. The van der Waals surface area contributed by atoms with E-state index in [-0.39, 0.29) is 28.8 Å². The highest BCUT2D eigenvalue weighted by Crippen LogP contribution is 2.29. The van der Waals surface area contributed by atoms with Gasteiger partial charge in [0.2, 0.25) is 0 Å². The van der Waals surface area contributed by atoms with Crippen molar-refractivity contribution in [1.29, 1.82) is 0 Å². The zero-order valence-corrected chi connectivity index (χ0v) is 10.7. The van der Waals surface area contributed by atoms with Crippen LogP contribution in [0.5, 0.6) is 5.75 Å². The molecule has 0 aliphatic carbocycles. The number of Topliss-reactive ketones (excluding diaryl/α,β-unsaturated/α-hetero) is 2. The minimum absolute atomic E-state index is 0.0968. The van der Waals surface area contributed by atoms with E-state index in [0.717, 1.165) is 12.0 Å². The largest absolute Gasteiger partial charge is 0.507 e. The molecule has 1 rings (SSSR count). The summed E-state index contributed by atoms with van der Waals surface area (Å²) in [5, 5.41) is 9.86. The quantitative estimate of drug-likeness (QED) is 0.813. The minimum atomic E-state index is -0.289. The molecule has 1 unspecified atom stereocenters. The summed E-state index contributed by atoms with van der Waals surface area (Å²) in [6.45, 7) is 6.81. The number of ketones is 2. The van der Waals surface area contributed by atoms with Gasteiger partial charge >= 0.3 is 0 Å². The van der Waals surface area contributed by atoms with E-state index in [1.165, 1.54) is 13.8 Å². The molecule has 0 radical (unpaired) electrons. The van der Waals surface area contributed by atoms with Gasteiger partial charge in [-0.15, -0.1) is 0 Å². The SMILES string of the molecule is CCC(C)c1cc(O)c(C(C)=O)c(C(C)=O)c1. The van der Waals surface area contributed by atoms with Crippen LogP contribution in [-0.2, 0) is 0 Å². The Balaban J connectivity index is 3.46. The fraction of sp³-hybridized carbons (Fsp3) is 0.429. The van der Waals surface area contributed by atoms with Crippen LogP contribution < -0.4 is 0 Å². The lowest BCUT2D eigenvalue weighted by atomic mass is 9.91. The van der Waals surface area contributed by atoms with Gasteiger partial charge in [-0.1, -0.05) is 13.8 Å². The Bertz CT molecular complexity index is 461. The van der Waals surface area contributed by atoms with E-state index in [1.54, 1.807) is 12.1 Å². The molecule has 1 aromatic rings. The number of phenols is 1. The maximum absolute atomic E-state index is 11.5. The lowest BCUT2D eigenvalue weighted by molar-refractivity contribution is 0.0978. The van der Waals surface area contributed by atoms with Crippen molar-refractivity contribution < 1.29 is 14.7 Å². The number of hydrogen-bond acceptors (Lipinski definition) is 3.